The van der Waals surface area contributed by atoms with Crippen molar-refractivity contribution in [1.29, 1.82) is 0 Å². The summed E-state index contributed by atoms with van der Waals surface area (Å²) in [7, 11) is 0. The van der Waals surface area contributed by atoms with E-state index in [0.717, 1.165) is 22.5 Å². The van der Waals surface area contributed by atoms with E-state index in [1.165, 1.54) is 0 Å². The standard InChI is InChI=1S/C11H11N5O/c1-6-3-4-9-8(5-6)13-11(17-9)14-10-12-7(2)15-16-10/h3-5H,1-2H3,(H2,12,13,14,15,16). The lowest BCUT2D eigenvalue weighted by Crippen LogP contribution is -1.92. The maximum atomic E-state index is 5.52. The lowest BCUT2D eigenvalue weighted by Gasteiger charge is -1.91. The van der Waals surface area contributed by atoms with Gasteiger partial charge in [0.1, 0.15) is 11.3 Å². The molecule has 0 unspecified atom stereocenters. The Hall–Kier alpha value is -2.37. The molecule has 2 N–H and O–H groups in total. The summed E-state index contributed by atoms with van der Waals surface area (Å²) in [6, 6.07) is 6.23. The van der Waals surface area contributed by atoms with E-state index < -0.39 is 0 Å². The van der Waals surface area contributed by atoms with Gasteiger partial charge in [0.2, 0.25) is 5.95 Å². The molecular weight excluding hydrogens is 218 g/mol. The summed E-state index contributed by atoms with van der Waals surface area (Å²) >= 11 is 0. The van der Waals surface area contributed by atoms with Gasteiger partial charge in [0.15, 0.2) is 5.58 Å². The maximum Gasteiger partial charge on any atom is 0.302 e. The number of aromatic amines is 1. The zero-order chi connectivity index (χ0) is 11.8. The number of nitrogens with one attached hydrogen (secondary N) is 2. The van der Waals surface area contributed by atoms with Crippen molar-refractivity contribution in [3.05, 3.63) is 29.6 Å². The molecule has 0 spiro atoms. The zero-order valence-corrected chi connectivity index (χ0v) is 9.48. The molecule has 3 rings (SSSR count). The Labute approximate surface area is 97.1 Å². The van der Waals surface area contributed by atoms with Gasteiger partial charge in [-0.3, -0.25) is 10.4 Å². The van der Waals surface area contributed by atoms with E-state index in [1.54, 1.807) is 0 Å². The van der Waals surface area contributed by atoms with Crippen molar-refractivity contribution in [2.24, 2.45) is 0 Å². The SMILES string of the molecule is Cc1ccc2oc(Nc3n[nH]c(C)n3)nc2c1. The monoisotopic (exact) mass is 229 g/mol. The van der Waals surface area contributed by atoms with E-state index in [0.29, 0.717) is 12.0 Å². The molecule has 0 saturated heterocycles. The third-order valence-electron chi connectivity index (χ3n) is 2.36. The smallest absolute Gasteiger partial charge is 0.302 e. The molecule has 1 aromatic carbocycles. The quantitative estimate of drug-likeness (QED) is 0.704. The van der Waals surface area contributed by atoms with Gasteiger partial charge in [-0.05, 0) is 31.5 Å². The second kappa shape index (κ2) is 3.58. The summed E-state index contributed by atoms with van der Waals surface area (Å²) in [5.41, 5.74) is 2.70. The van der Waals surface area contributed by atoms with Crippen molar-refractivity contribution in [3.63, 3.8) is 0 Å². The van der Waals surface area contributed by atoms with Crippen LogP contribution in [0.4, 0.5) is 12.0 Å². The molecule has 0 amide bonds. The number of nitrogens with zero attached hydrogens (tertiary/aromatic N) is 3. The van der Waals surface area contributed by atoms with Crippen LogP contribution in [0.5, 0.6) is 0 Å². The number of hydrogen-bond acceptors (Lipinski definition) is 5. The molecular formula is C11H11N5O. The summed E-state index contributed by atoms with van der Waals surface area (Å²) in [4.78, 5) is 8.42. The first-order chi connectivity index (χ1) is 8.20. The highest BCUT2D eigenvalue weighted by molar-refractivity contribution is 5.75. The fourth-order valence-corrected chi connectivity index (χ4v) is 1.59. The summed E-state index contributed by atoms with van der Waals surface area (Å²) in [5, 5.41) is 9.59. The second-order valence-electron chi connectivity index (χ2n) is 3.86. The molecule has 17 heavy (non-hydrogen) atoms. The molecule has 6 nitrogen and oxygen atoms in total. The molecule has 0 aliphatic carbocycles. The van der Waals surface area contributed by atoms with Crippen LogP contribution in [0.3, 0.4) is 0 Å². The zero-order valence-electron chi connectivity index (χ0n) is 9.48. The summed E-state index contributed by atoms with van der Waals surface area (Å²) in [6.07, 6.45) is 0. The third-order valence-corrected chi connectivity index (χ3v) is 2.36. The largest absolute Gasteiger partial charge is 0.423 e. The second-order valence-corrected chi connectivity index (χ2v) is 3.86. The van der Waals surface area contributed by atoms with Crippen molar-refractivity contribution in [2.75, 3.05) is 5.32 Å². The van der Waals surface area contributed by atoms with Crippen LogP contribution < -0.4 is 5.32 Å². The maximum absolute atomic E-state index is 5.52. The van der Waals surface area contributed by atoms with Gasteiger partial charge in [0, 0.05) is 0 Å². The number of H-pyrrole nitrogens is 1. The minimum Gasteiger partial charge on any atom is -0.423 e. The Morgan fingerprint density at radius 2 is 2.12 bits per heavy atom. The summed E-state index contributed by atoms with van der Waals surface area (Å²) in [5.74, 6) is 1.19. The van der Waals surface area contributed by atoms with Crippen molar-refractivity contribution in [2.45, 2.75) is 13.8 Å². The van der Waals surface area contributed by atoms with Gasteiger partial charge < -0.3 is 4.42 Å². The number of hydrogen-bond donors (Lipinski definition) is 2. The Balaban J connectivity index is 1.95. The Bertz CT molecular complexity index is 669. The van der Waals surface area contributed by atoms with E-state index in [4.69, 9.17) is 4.42 Å². The highest BCUT2D eigenvalue weighted by Gasteiger charge is 2.07. The lowest BCUT2D eigenvalue weighted by molar-refractivity contribution is 0.621. The number of anilines is 2. The molecule has 6 heteroatoms. The normalized spacial score (nSPS) is 10.9. The minimum atomic E-state index is 0.393. The van der Waals surface area contributed by atoms with E-state index in [-0.39, 0.29) is 0 Å². The number of aryl methyl sites for hydroxylation is 2. The van der Waals surface area contributed by atoms with Crippen molar-refractivity contribution in [3.8, 4) is 0 Å². The molecule has 86 valence electrons. The van der Waals surface area contributed by atoms with Gasteiger partial charge in [0.25, 0.3) is 0 Å². The number of benzene rings is 1. The van der Waals surface area contributed by atoms with Gasteiger partial charge in [-0.25, -0.2) is 0 Å². The van der Waals surface area contributed by atoms with Crippen molar-refractivity contribution in [1.82, 2.24) is 20.2 Å². The summed E-state index contributed by atoms with van der Waals surface area (Å²) in [6.45, 7) is 3.84. The number of fused-ring (bicyclic) bond motifs is 1. The van der Waals surface area contributed by atoms with Crippen LogP contribution in [0.2, 0.25) is 0 Å². The first-order valence-electron chi connectivity index (χ1n) is 5.24. The number of rotatable bonds is 2. The molecule has 0 aliphatic heterocycles. The van der Waals surface area contributed by atoms with Crippen molar-refractivity contribution < 1.29 is 4.42 Å². The van der Waals surface area contributed by atoms with E-state index in [2.05, 4.69) is 25.5 Å². The van der Waals surface area contributed by atoms with E-state index in [1.807, 2.05) is 32.0 Å². The first-order valence-corrected chi connectivity index (χ1v) is 5.24. The molecule has 0 atom stereocenters. The highest BCUT2D eigenvalue weighted by atomic mass is 16.4. The first kappa shape index (κ1) is 9.83. The topological polar surface area (TPSA) is 79.6 Å². The number of oxazole rings is 1. The predicted molar refractivity (Wildman–Crippen MR) is 63.1 cm³/mol. The molecule has 2 heterocycles. The molecule has 2 aromatic heterocycles. The van der Waals surface area contributed by atoms with Gasteiger partial charge >= 0.3 is 6.01 Å². The van der Waals surface area contributed by atoms with Crippen LogP contribution in [0.15, 0.2) is 22.6 Å². The van der Waals surface area contributed by atoms with Crippen LogP contribution in [0, 0.1) is 13.8 Å². The fourth-order valence-electron chi connectivity index (χ4n) is 1.59. The average Bonchev–Trinajstić information content (AvgIpc) is 2.84. The minimum absolute atomic E-state index is 0.393. The third kappa shape index (κ3) is 1.84. The lowest BCUT2D eigenvalue weighted by atomic mass is 10.2. The Kier molecular flexibility index (Phi) is 2.07. The van der Waals surface area contributed by atoms with Crippen molar-refractivity contribution >= 4 is 23.1 Å². The molecule has 0 fully saturated rings. The van der Waals surface area contributed by atoms with Crippen LogP contribution in [-0.4, -0.2) is 20.2 Å². The molecule has 0 radical (unpaired) electrons. The van der Waals surface area contributed by atoms with Gasteiger partial charge in [-0.1, -0.05) is 6.07 Å². The Morgan fingerprint density at radius 3 is 2.88 bits per heavy atom. The van der Waals surface area contributed by atoms with Crippen LogP contribution in [0.1, 0.15) is 11.4 Å². The molecule has 0 bridgehead atoms. The van der Waals surface area contributed by atoms with Crippen LogP contribution >= 0.6 is 0 Å². The van der Waals surface area contributed by atoms with Gasteiger partial charge in [0.05, 0.1) is 0 Å². The fraction of sp³-hybridized carbons (Fsp3) is 0.182. The van der Waals surface area contributed by atoms with Crippen LogP contribution in [0.25, 0.3) is 11.1 Å². The average molecular weight is 229 g/mol. The van der Waals surface area contributed by atoms with Gasteiger partial charge in [-0.15, -0.1) is 5.10 Å². The Morgan fingerprint density at radius 1 is 1.24 bits per heavy atom. The van der Waals surface area contributed by atoms with Crippen LogP contribution in [-0.2, 0) is 0 Å². The van der Waals surface area contributed by atoms with E-state index in [9.17, 15) is 0 Å². The summed E-state index contributed by atoms with van der Waals surface area (Å²) < 4.78 is 5.52. The molecule has 0 saturated carbocycles. The van der Waals surface area contributed by atoms with E-state index >= 15 is 0 Å². The molecule has 3 aromatic rings. The van der Waals surface area contributed by atoms with Gasteiger partial charge in [-0.2, -0.15) is 9.97 Å². The number of aromatic nitrogens is 4. The highest BCUT2D eigenvalue weighted by Crippen LogP contribution is 2.21. The molecule has 0 aliphatic rings. The predicted octanol–water partition coefficient (Wildman–Crippen LogP) is 2.31.